The summed E-state index contributed by atoms with van der Waals surface area (Å²) in [4.78, 5) is 4.04. The van der Waals surface area contributed by atoms with E-state index in [0.29, 0.717) is 0 Å². The van der Waals surface area contributed by atoms with Crippen LogP contribution in [0.15, 0.2) is 52.6 Å². The van der Waals surface area contributed by atoms with E-state index < -0.39 is 10.0 Å². The van der Waals surface area contributed by atoms with Gasteiger partial charge in [0.1, 0.15) is 5.82 Å². The molecule has 0 bridgehead atoms. The van der Waals surface area contributed by atoms with Crippen LogP contribution in [0.25, 0.3) is 0 Å². The van der Waals surface area contributed by atoms with E-state index in [1.807, 2.05) is 6.92 Å². The Morgan fingerprint density at radius 3 is 2.62 bits per heavy atom. The highest BCUT2D eigenvalue weighted by atomic mass is 32.2. The number of hydrogen-bond donors (Lipinski definition) is 1. The van der Waals surface area contributed by atoms with E-state index in [4.69, 9.17) is 0 Å². The minimum absolute atomic E-state index is 0.116. The molecule has 86 valence electrons. The van der Waals surface area contributed by atoms with E-state index in [-0.39, 0.29) is 10.7 Å². The molecular formula is C11H14N2O2S. The predicted octanol–water partition coefficient (Wildman–Crippen LogP) is 1.92. The molecule has 1 aromatic carbocycles. The summed E-state index contributed by atoms with van der Waals surface area (Å²) < 4.78 is 25.8. The van der Waals surface area contributed by atoms with E-state index >= 15 is 0 Å². The number of hydrogen-bond acceptors (Lipinski definition) is 3. The molecule has 0 amide bonds. The molecule has 0 fully saturated rings. The lowest BCUT2D eigenvalue weighted by Gasteiger charge is -2.06. The van der Waals surface area contributed by atoms with Crippen LogP contribution in [0.1, 0.15) is 13.3 Å². The molecule has 4 nitrogen and oxygen atoms in total. The highest BCUT2D eigenvalue weighted by molar-refractivity contribution is 7.89. The Labute approximate surface area is 95.8 Å². The van der Waals surface area contributed by atoms with Gasteiger partial charge in [-0.25, -0.2) is 13.4 Å². The zero-order chi connectivity index (χ0) is 12.0. The van der Waals surface area contributed by atoms with E-state index in [1.165, 1.54) is 12.1 Å². The minimum atomic E-state index is -3.55. The summed E-state index contributed by atoms with van der Waals surface area (Å²) in [6.07, 6.45) is 2.32. The average Bonchev–Trinajstić information content (AvgIpc) is 2.27. The van der Waals surface area contributed by atoms with Gasteiger partial charge in [-0.3, -0.25) is 4.72 Å². The first-order chi connectivity index (χ1) is 7.56. The molecule has 0 unspecified atom stereocenters. The molecule has 0 aliphatic heterocycles. The van der Waals surface area contributed by atoms with Crippen LogP contribution < -0.4 is 4.72 Å². The van der Waals surface area contributed by atoms with Gasteiger partial charge in [0.2, 0.25) is 0 Å². The van der Waals surface area contributed by atoms with Crippen molar-refractivity contribution in [2.45, 2.75) is 18.2 Å². The summed E-state index contributed by atoms with van der Waals surface area (Å²) in [5.41, 5.74) is 0. The Morgan fingerprint density at radius 1 is 1.44 bits per heavy atom. The third-order valence-corrected chi connectivity index (χ3v) is 3.13. The van der Waals surface area contributed by atoms with Crippen molar-refractivity contribution in [3.63, 3.8) is 0 Å². The molecule has 1 aromatic rings. The maximum absolute atomic E-state index is 11.8. The Hall–Kier alpha value is -1.62. The van der Waals surface area contributed by atoms with Crippen molar-refractivity contribution in [2.75, 3.05) is 0 Å². The minimum Gasteiger partial charge on any atom is -0.264 e. The first-order valence-corrected chi connectivity index (χ1v) is 6.34. The Morgan fingerprint density at radius 2 is 2.06 bits per heavy atom. The Balaban J connectivity index is 2.81. The molecule has 0 radical (unpaired) electrons. The molecule has 1 N–H and O–H groups in total. The van der Waals surface area contributed by atoms with Crippen molar-refractivity contribution in [1.29, 1.82) is 0 Å². The van der Waals surface area contributed by atoms with Gasteiger partial charge in [0.25, 0.3) is 10.0 Å². The fraction of sp³-hybridized carbons (Fsp3) is 0.182. The van der Waals surface area contributed by atoms with Crippen LogP contribution in [0.4, 0.5) is 0 Å². The topological polar surface area (TPSA) is 58.5 Å². The average molecular weight is 238 g/mol. The van der Waals surface area contributed by atoms with Gasteiger partial charge in [-0.2, -0.15) is 0 Å². The quantitative estimate of drug-likeness (QED) is 0.797. The first kappa shape index (κ1) is 12.4. The van der Waals surface area contributed by atoms with Gasteiger partial charge in [-0.15, -0.1) is 0 Å². The molecule has 0 heterocycles. The van der Waals surface area contributed by atoms with Gasteiger partial charge >= 0.3 is 0 Å². The normalized spacial score (nSPS) is 11.6. The number of aliphatic imine (C=N–C) groups is 1. The molecule has 0 saturated heterocycles. The second kappa shape index (κ2) is 5.46. The highest BCUT2D eigenvalue weighted by Gasteiger charge is 2.12. The first-order valence-electron chi connectivity index (χ1n) is 4.85. The van der Waals surface area contributed by atoms with Crippen molar-refractivity contribution in [1.82, 2.24) is 4.72 Å². The number of benzene rings is 1. The summed E-state index contributed by atoms with van der Waals surface area (Å²) in [6.45, 7) is 5.42. The van der Waals surface area contributed by atoms with Crippen LogP contribution >= 0.6 is 0 Å². The Kier molecular flexibility index (Phi) is 4.25. The molecule has 5 heteroatoms. The zero-order valence-electron chi connectivity index (χ0n) is 9.05. The third-order valence-electron chi connectivity index (χ3n) is 1.74. The Bertz CT molecular complexity index is 478. The van der Waals surface area contributed by atoms with Gasteiger partial charge in [-0.1, -0.05) is 31.7 Å². The highest BCUT2D eigenvalue weighted by Crippen LogP contribution is 2.08. The summed E-state index contributed by atoms with van der Waals surface area (Å²) >= 11 is 0. The van der Waals surface area contributed by atoms with Crippen molar-refractivity contribution in [3.8, 4) is 0 Å². The van der Waals surface area contributed by atoms with Crippen molar-refractivity contribution < 1.29 is 8.42 Å². The SMILES string of the molecule is C=C(/N=C\CC)NS(=O)(=O)c1ccccc1. The van der Waals surface area contributed by atoms with Crippen LogP contribution in [-0.4, -0.2) is 14.6 Å². The van der Waals surface area contributed by atoms with Crippen LogP contribution in [-0.2, 0) is 10.0 Å². The molecule has 0 aliphatic carbocycles. The fourth-order valence-corrected chi connectivity index (χ4v) is 2.04. The lowest BCUT2D eigenvalue weighted by atomic mass is 10.4. The standard InChI is InChI=1S/C11H14N2O2S/c1-3-9-12-10(2)13-16(14,15)11-7-5-4-6-8-11/h4-9,13H,2-3H2,1H3/b12-9-. The van der Waals surface area contributed by atoms with Gasteiger partial charge in [0, 0.05) is 6.21 Å². The summed E-state index contributed by atoms with van der Waals surface area (Å²) in [5, 5.41) is 0. The van der Waals surface area contributed by atoms with E-state index in [0.717, 1.165) is 6.42 Å². The zero-order valence-corrected chi connectivity index (χ0v) is 9.87. The fourth-order valence-electron chi connectivity index (χ4n) is 1.04. The maximum Gasteiger partial charge on any atom is 0.263 e. The van der Waals surface area contributed by atoms with Crippen molar-refractivity contribution in [3.05, 3.63) is 42.7 Å². The molecule has 0 spiro atoms. The summed E-state index contributed by atoms with van der Waals surface area (Å²) in [7, 11) is -3.55. The number of sulfonamides is 1. The largest absolute Gasteiger partial charge is 0.264 e. The predicted molar refractivity (Wildman–Crippen MR) is 64.7 cm³/mol. The number of rotatable bonds is 5. The molecule has 0 aromatic heterocycles. The number of nitrogens with one attached hydrogen (secondary N) is 1. The van der Waals surface area contributed by atoms with Gasteiger partial charge < -0.3 is 0 Å². The molecule has 0 aliphatic rings. The monoisotopic (exact) mass is 238 g/mol. The molecule has 0 atom stereocenters. The molecule has 0 saturated carbocycles. The van der Waals surface area contributed by atoms with E-state index in [1.54, 1.807) is 24.4 Å². The smallest absolute Gasteiger partial charge is 0.263 e. The summed E-state index contributed by atoms with van der Waals surface area (Å²) in [5.74, 6) is 0.116. The summed E-state index contributed by atoms with van der Waals surface area (Å²) in [6, 6.07) is 8.10. The van der Waals surface area contributed by atoms with Crippen molar-refractivity contribution in [2.24, 2.45) is 4.99 Å². The maximum atomic E-state index is 11.8. The van der Waals surface area contributed by atoms with Crippen LogP contribution in [0, 0.1) is 0 Å². The lowest BCUT2D eigenvalue weighted by molar-refractivity contribution is 0.588. The molecule has 1 rings (SSSR count). The van der Waals surface area contributed by atoms with Crippen molar-refractivity contribution >= 4 is 16.2 Å². The van der Waals surface area contributed by atoms with E-state index in [2.05, 4.69) is 16.3 Å². The van der Waals surface area contributed by atoms with Crippen LogP contribution in [0.3, 0.4) is 0 Å². The third kappa shape index (κ3) is 3.51. The molecular weight excluding hydrogens is 224 g/mol. The molecule has 16 heavy (non-hydrogen) atoms. The van der Waals surface area contributed by atoms with Crippen LogP contribution in [0.5, 0.6) is 0 Å². The van der Waals surface area contributed by atoms with Gasteiger partial charge in [0.05, 0.1) is 4.90 Å². The van der Waals surface area contributed by atoms with Crippen LogP contribution in [0.2, 0.25) is 0 Å². The second-order valence-corrected chi connectivity index (χ2v) is 4.77. The van der Waals surface area contributed by atoms with Gasteiger partial charge in [-0.05, 0) is 18.6 Å². The van der Waals surface area contributed by atoms with Gasteiger partial charge in [0.15, 0.2) is 0 Å². The number of nitrogens with zero attached hydrogens (tertiary/aromatic N) is 1. The lowest BCUT2D eigenvalue weighted by Crippen LogP contribution is -2.21. The van der Waals surface area contributed by atoms with E-state index in [9.17, 15) is 8.42 Å². The second-order valence-electron chi connectivity index (χ2n) is 3.09.